The van der Waals surface area contributed by atoms with Gasteiger partial charge < -0.3 is 19.1 Å². The summed E-state index contributed by atoms with van der Waals surface area (Å²) < 4.78 is 12.9. The van der Waals surface area contributed by atoms with Gasteiger partial charge in [0.05, 0.1) is 30.3 Å². The minimum Gasteiger partial charge on any atom is -0.504 e. The van der Waals surface area contributed by atoms with Crippen LogP contribution in [0.5, 0.6) is 11.5 Å². The summed E-state index contributed by atoms with van der Waals surface area (Å²) in [4.78, 5) is 33.5. The van der Waals surface area contributed by atoms with E-state index < -0.39 is 17.9 Å². The Hall–Kier alpha value is -3.55. The van der Waals surface area contributed by atoms with Crippen molar-refractivity contribution in [3.63, 3.8) is 0 Å². The molecular formula is C26H31N3O5. The van der Waals surface area contributed by atoms with Crippen LogP contribution >= 0.6 is 0 Å². The van der Waals surface area contributed by atoms with E-state index >= 15 is 0 Å². The Morgan fingerprint density at radius 1 is 1.15 bits per heavy atom. The summed E-state index contributed by atoms with van der Waals surface area (Å²) in [6, 6.07) is 11.8. The number of carbonyl (C=O) groups is 2. The van der Waals surface area contributed by atoms with Crippen molar-refractivity contribution in [1.29, 1.82) is 0 Å². The molecule has 1 aliphatic heterocycles. The first-order valence-corrected chi connectivity index (χ1v) is 11.8. The zero-order valence-electron chi connectivity index (χ0n) is 20.0. The standard InChI is InChI=1S/C26H31N3O5/c1-5-33-21-15-17(11-12-20(21)30)23-22(25(32)34-6-2)24(31)28(14-13-16(3)4)26-27-18-9-7-8-10-19(18)29(23)26/h7-12,15-16,22-23,30H,5-6,13-14H2,1-4H3/t22-,23+/m1/s1. The lowest BCUT2D eigenvalue weighted by atomic mass is 9.89. The molecule has 1 aliphatic rings. The van der Waals surface area contributed by atoms with Gasteiger partial charge in [0.15, 0.2) is 17.4 Å². The molecular weight excluding hydrogens is 434 g/mol. The molecule has 34 heavy (non-hydrogen) atoms. The number of aromatic hydroxyl groups is 1. The lowest BCUT2D eigenvalue weighted by Gasteiger charge is -2.38. The number of nitrogens with zero attached hydrogens (tertiary/aromatic N) is 3. The van der Waals surface area contributed by atoms with Gasteiger partial charge in [0.1, 0.15) is 0 Å². The average Bonchev–Trinajstić information content (AvgIpc) is 3.18. The van der Waals surface area contributed by atoms with Crippen LogP contribution in [-0.2, 0) is 14.3 Å². The molecule has 8 nitrogen and oxygen atoms in total. The summed E-state index contributed by atoms with van der Waals surface area (Å²) in [6.45, 7) is 8.71. The van der Waals surface area contributed by atoms with Crippen LogP contribution in [0.1, 0.15) is 45.7 Å². The number of carbonyl (C=O) groups excluding carboxylic acids is 2. The number of anilines is 1. The van der Waals surface area contributed by atoms with Crippen LogP contribution < -0.4 is 9.64 Å². The Labute approximate surface area is 199 Å². The van der Waals surface area contributed by atoms with Gasteiger partial charge in [-0.3, -0.25) is 14.5 Å². The highest BCUT2D eigenvalue weighted by atomic mass is 16.5. The van der Waals surface area contributed by atoms with E-state index in [0.29, 0.717) is 36.3 Å². The molecule has 2 atom stereocenters. The summed E-state index contributed by atoms with van der Waals surface area (Å²) in [5, 5.41) is 10.3. The number of hydrogen-bond acceptors (Lipinski definition) is 6. The molecule has 4 rings (SSSR count). The van der Waals surface area contributed by atoms with E-state index in [1.807, 2.05) is 35.8 Å². The largest absolute Gasteiger partial charge is 0.504 e. The normalized spacial score (nSPS) is 17.8. The van der Waals surface area contributed by atoms with Crippen molar-refractivity contribution in [3.8, 4) is 11.5 Å². The molecule has 0 saturated carbocycles. The highest BCUT2D eigenvalue weighted by Gasteiger charge is 2.47. The monoisotopic (exact) mass is 465 g/mol. The van der Waals surface area contributed by atoms with Gasteiger partial charge in [0.25, 0.3) is 0 Å². The van der Waals surface area contributed by atoms with E-state index in [-0.39, 0.29) is 18.3 Å². The first-order chi connectivity index (χ1) is 16.4. The average molecular weight is 466 g/mol. The number of esters is 1. The third-order valence-corrected chi connectivity index (χ3v) is 6.04. The Kier molecular flexibility index (Phi) is 6.77. The molecule has 2 aromatic carbocycles. The van der Waals surface area contributed by atoms with Gasteiger partial charge in [-0.2, -0.15) is 0 Å². The number of phenolic OH excluding ortho intramolecular Hbond substituents is 1. The maximum Gasteiger partial charge on any atom is 0.321 e. The fraction of sp³-hybridized carbons (Fsp3) is 0.423. The van der Waals surface area contributed by atoms with Crippen LogP contribution in [0.25, 0.3) is 11.0 Å². The molecule has 2 heterocycles. The number of fused-ring (bicyclic) bond motifs is 3. The van der Waals surface area contributed by atoms with Crippen molar-refractivity contribution in [2.75, 3.05) is 24.7 Å². The van der Waals surface area contributed by atoms with Crippen LogP contribution in [0.2, 0.25) is 0 Å². The maximum atomic E-state index is 13.8. The van der Waals surface area contributed by atoms with Gasteiger partial charge in [-0.25, -0.2) is 4.98 Å². The molecule has 0 saturated heterocycles. The summed E-state index contributed by atoms with van der Waals surface area (Å²) >= 11 is 0. The van der Waals surface area contributed by atoms with Gasteiger partial charge in [-0.15, -0.1) is 0 Å². The van der Waals surface area contributed by atoms with Crippen molar-refractivity contribution in [3.05, 3.63) is 48.0 Å². The fourth-order valence-electron chi connectivity index (χ4n) is 4.43. The van der Waals surface area contributed by atoms with E-state index in [1.54, 1.807) is 24.0 Å². The summed E-state index contributed by atoms with van der Waals surface area (Å²) in [6.07, 6.45) is 0.767. The molecule has 3 aromatic rings. The van der Waals surface area contributed by atoms with Crippen LogP contribution in [0, 0.1) is 11.8 Å². The third kappa shape index (κ3) is 4.20. The molecule has 180 valence electrons. The summed E-state index contributed by atoms with van der Waals surface area (Å²) in [7, 11) is 0. The zero-order chi connectivity index (χ0) is 24.4. The Morgan fingerprint density at radius 2 is 1.91 bits per heavy atom. The van der Waals surface area contributed by atoms with Crippen LogP contribution in [0.15, 0.2) is 42.5 Å². The number of benzene rings is 2. The minimum absolute atomic E-state index is 0.00491. The molecule has 1 amide bonds. The molecule has 0 bridgehead atoms. The number of amides is 1. The fourth-order valence-corrected chi connectivity index (χ4v) is 4.43. The summed E-state index contributed by atoms with van der Waals surface area (Å²) in [5.74, 6) is -0.854. The first-order valence-electron chi connectivity index (χ1n) is 11.8. The van der Waals surface area contributed by atoms with Crippen molar-refractivity contribution in [2.45, 2.75) is 40.2 Å². The number of rotatable bonds is 8. The number of phenols is 1. The third-order valence-electron chi connectivity index (χ3n) is 6.04. The lowest BCUT2D eigenvalue weighted by Crippen LogP contribution is -2.50. The smallest absolute Gasteiger partial charge is 0.321 e. The van der Waals surface area contributed by atoms with Gasteiger partial charge in [-0.1, -0.05) is 32.0 Å². The second-order valence-electron chi connectivity index (χ2n) is 8.78. The number of aromatic nitrogens is 2. The van der Waals surface area contributed by atoms with E-state index in [0.717, 1.165) is 17.5 Å². The zero-order valence-corrected chi connectivity index (χ0v) is 20.0. The van der Waals surface area contributed by atoms with Crippen molar-refractivity contribution < 1.29 is 24.2 Å². The number of hydrogen-bond donors (Lipinski definition) is 1. The molecule has 0 fully saturated rings. The van der Waals surface area contributed by atoms with Crippen molar-refractivity contribution in [1.82, 2.24) is 9.55 Å². The Bertz CT molecular complexity index is 1200. The lowest BCUT2D eigenvalue weighted by molar-refractivity contribution is -0.153. The molecule has 8 heteroatoms. The minimum atomic E-state index is -1.10. The van der Waals surface area contributed by atoms with Crippen LogP contribution in [-0.4, -0.2) is 46.3 Å². The predicted octanol–water partition coefficient (Wildman–Crippen LogP) is 4.30. The van der Waals surface area contributed by atoms with E-state index in [9.17, 15) is 14.7 Å². The topological polar surface area (TPSA) is 93.9 Å². The number of imidazole rings is 1. The van der Waals surface area contributed by atoms with Gasteiger partial charge in [0, 0.05) is 6.54 Å². The van der Waals surface area contributed by atoms with Crippen molar-refractivity contribution in [2.24, 2.45) is 11.8 Å². The molecule has 0 radical (unpaired) electrons. The highest BCUT2D eigenvalue weighted by Crippen LogP contribution is 2.43. The van der Waals surface area contributed by atoms with Gasteiger partial charge >= 0.3 is 5.97 Å². The molecule has 0 unspecified atom stereocenters. The van der Waals surface area contributed by atoms with E-state index in [1.165, 1.54) is 6.07 Å². The van der Waals surface area contributed by atoms with Gasteiger partial charge in [0.2, 0.25) is 11.9 Å². The SMILES string of the molecule is CCOC(=O)[C@H]1C(=O)N(CCC(C)C)c2nc3ccccc3n2[C@H]1c1ccc(O)c(OCC)c1. The maximum absolute atomic E-state index is 13.8. The number of ether oxygens (including phenoxy) is 2. The molecule has 0 spiro atoms. The molecule has 0 aliphatic carbocycles. The van der Waals surface area contributed by atoms with Gasteiger partial charge in [-0.05, 0) is 56.0 Å². The highest BCUT2D eigenvalue weighted by molar-refractivity contribution is 6.08. The Morgan fingerprint density at radius 3 is 2.62 bits per heavy atom. The van der Waals surface area contributed by atoms with Crippen LogP contribution in [0.3, 0.4) is 0 Å². The molecule has 1 N–H and O–H groups in total. The Balaban J connectivity index is 1.96. The second kappa shape index (κ2) is 9.75. The van der Waals surface area contributed by atoms with Crippen molar-refractivity contribution >= 4 is 28.9 Å². The van der Waals surface area contributed by atoms with E-state index in [2.05, 4.69) is 13.8 Å². The van der Waals surface area contributed by atoms with Crippen LogP contribution in [0.4, 0.5) is 5.95 Å². The van der Waals surface area contributed by atoms with E-state index in [4.69, 9.17) is 14.5 Å². The number of para-hydroxylation sites is 2. The quantitative estimate of drug-likeness (QED) is 0.394. The first kappa shape index (κ1) is 23.6. The second-order valence-corrected chi connectivity index (χ2v) is 8.78. The predicted molar refractivity (Wildman–Crippen MR) is 129 cm³/mol. The molecule has 1 aromatic heterocycles. The summed E-state index contributed by atoms with van der Waals surface area (Å²) in [5.41, 5.74) is 2.20.